The third-order valence-electron chi connectivity index (χ3n) is 4.00. The highest BCUT2D eigenvalue weighted by molar-refractivity contribution is 5.99. The van der Waals surface area contributed by atoms with E-state index in [2.05, 4.69) is 5.32 Å². The Bertz CT molecular complexity index is 781. The van der Waals surface area contributed by atoms with Crippen LogP contribution < -0.4 is 5.32 Å². The summed E-state index contributed by atoms with van der Waals surface area (Å²) in [6.07, 6.45) is 1.62. The number of aliphatic hydroxyl groups excluding tert-OH is 1. The molecule has 2 aromatic rings. The monoisotopic (exact) mass is 369 g/mol. The van der Waals surface area contributed by atoms with Gasteiger partial charge < -0.3 is 15.2 Å². The molecule has 2 aromatic carbocycles. The number of ketones is 1. The number of Topliss-reactive ketones (excluding diaryl/α,β-unsaturated/α-hetero) is 1. The summed E-state index contributed by atoms with van der Waals surface area (Å²) in [6, 6.07) is 13.5. The maximum atomic E-state index is 12.2. The van der Waals surface area contributed by atoms with Gasteiger partial charge in [0.2, 0.25) is 5.91 Å². The smallest absolute Gasteiger partial charge is 0.338 e. The average Bonchev–Trinajstić information content (AvgIpc) is 2.69. The topological polar surface area (TPSA) is 92.7 Å². The van der Waals surface area contributed by atoms with E-state index in [0.29, 0.717) is 23.2 Å². The van der Waals surface area contributed by atoms with Crippen LogP contribution in [0.25, 0.3) is 0 Å². The SMILES string of the molecule is CC(=O)NCCCc1ccc(C(=O)COC(=O)c2ccc(CO)cc2)cc1. The minimum Gasteiger partial charge on any atom is -0.454 e. The molecule has 1 amide bonds. The fraction of sp³-hybridized carbons (Fsp3) is 0.286. The highest BCUT2D eigenvalue weighted by atomic mass is 16.5. The van der Waals surface area contributed by atoms with Gasteiger partial charge in [0.15, 0.2) is 12.4 Å². The molecular formula is C21H23NO5. The largest absolute Gasteiger partial charge is 0.454 e. The molecule has 0 aliphatic rings. The normalized spacial score (nSPS) is 10.3. The van der Waals surface area contributed by atoms with E-state index < -0.39 is 5.97 Å². The zero-order valence-electron chi connectivity index (χ0n) is 15.2. The number of esters is 1. The molecule has 27 heavy (non-hydrogen) atoms. The molecular weight excluding hydrogens is 346 g/mol. The van der Waals surface area contributed by atoms with E-state index in [0.717, 1.165) is 18.4 Å². The molecule has 0 atom stereocenters. The van der Waals surface area contributed by atoms with Crippen LogP contribution in [-0.2, 0) is 22.6 Å². The second-order valence-corrected chi connectivity index (χ2v) is 6.14. The fourth-order valence-corrected chi connectivity index (χ4v) is 2.46. The second kappa shape index (κ2) is 10.2. The molecule has 0 radical (unpaired) electrons. The minimum atomic E-state index is -0.581. The van der Waals surface area contributed by atoms with Crippen molar-refractivity contribution in [1.82, 2.24) is 5.32 Å². The minimum absolute atomic E-state index is 0.0465. The van der Waals surface area contributed by atoms with Crippen LogP contribution in [0.3, 0.4) is 0 Å². The third kappa shape index (κ3) is 6.67. The van der Waals surface area contributed by atoms with Gasteiger partial charge in [-0.15, -0.1) is 0 Å². The van der Waals surface area contributed by atoms with Crippen molar-refractivity contribution in [2.75, 3.05) is 13.2 Å². The molecule has 0 saturated carbocycles. The van der Waals surface area contributed by atoms with Crippen molar-refractivity contribution in [2.24, 2.45) is 0 Å². The second-order valence-electron chi connectivity index (χ2n) is 6.14. The first-order chi connectivity index (χ1) is 13.0. The molecule has 0 aromatic heterocycles. The Morgan fingerprint density at radius 1 is 0.926 bits per heavy atom. The van der Waals surface area contributed by atoms with Crippen LogP contribution in [0.2, 0.25) is 0 Å². The molecule has 0 spiro atoms. The Morgan fingerprint density at radius 3 is 2.11 bits per heavy atom. The molecule has 0 unspecified atom stereocenters. The summed E-state index contributed by atoms with van der Waals surface area (Å²) in [7, 11) is 0. The summed E-state index contributed by atoms with van der Waals surface area (Å²) < 4.78 is 5.06. The van der Waals surface area contributed by atoms with Crippen molar-refractivity contribution in [3.63, 3.8) is 0 Å². The van der Waals surface area contributed by atoms with Gasteiger partial charge >= 0.3 is 5.97 Å². The molecule has 0 bridgehead atoms. The van der Waals surface area contributed by atoms with Gasteiger partial charge in [0.05, 0.1) is 12.2 Å². The van der Waals surface area contributed by atoms with Crippen molar-refractivity contribution >= 4 is 17.7 Å². The lowest BCUT2D eigenvalue weighted by Gasteiger charge is -2.06. The number of aryl methyl sites for hydroxylation is 1. The highest BCUT2D eigenvalue weighted by Crippen LogP contribution is 2.09. The van der Waals surface area contributed by atoms with E-state index in [4.69, 9.17) is 9.84 Å². The van der Waals surface area contributed by atoms with Crippen LogP contribution >= 0.6 is 0 Å². The Balaban J connectivity index is 1.81. The maximum Gasteiger partial charge on any atom is 0.338 e. The van der Waals surface area contributed by atoms with E-state index in [1.54, 1.807) is 36.4 Å². The van der Waals surface area contributed by atoms with Gasteiger partial charge in [-0.25, -0.2) is 4.79 Å². The number of nitrogens with one attached hydrogen (secondary N) is 1. The molecule has 142 valence electrons. The molecule has 2 N–H and O–H groups in total. The molecule has 0 heterocycles. The summed E-state index contributed by atoms with van der Waals surface area (Å²) in [4.78, 5) is 34.9. The summed E-state index contributed by atoms with van der Waals surface area (Å²) in [5.41, 5.74) is 2.57. The molecule has 2 rings (SSSR count). The van der Waals surface area contributed by atoms with Gasteiger partial charge in [-0.1, -0.05) is 36.4 Å². The van der Waals surface area contributed by atoms with Gasteiger partial charge in [0, 0.05) is 19.0 Å². The van der Waals surface area contributed by atoms with E-state index in [-0.39, 0.29) is 24.9 Å². The van der Waals surface area contributed by atoms with Gasteiger partial charge in [-0.05, 0) is 36.1 Å². The van der Waals surface area contributed by atoms with Gasteiger partial charge in [0.25, 0.3) is 0 Å². The number of aliphatic hydroxyl groups is 1. The van der Waals surface area contributed by atoms with Gasteiger partial charge in [-0.2, -0.15) is 0 Å². The zero-order valence-corrected chi connectivity index (χ0v) is 15.2. The van der Waals surface area contributed by atoms with Crippen molar-refractivity contribution in [3.8, 4) is 0 Å². The number of amides is 1. The lowest BCUT2D eigenvalue weighted by Crippen LogP contribution is -2.21. The Morgan fingerprint density at radius 2 is 1.52 bits per heavy atom. The lowest BCUT2D eigenvalue weighted by atomic mass is 10.1. The summed E-state index contributed by atoms with van der Waals surface area (Å²) in [6.45, 7) is 1.67. The third-order valence-corrected chi connectivity index (χ3v) is 4.00. The summed E-state index contributed by atoms with van der Waals surface area (Å²) in [5.74, 6) is -0.905. The Kier molecular flexibility index (Phi) is 7.70. The van der Waals surface area contributed by atoms with Gasteiger partial charge in [-0.3, -0.25) is 9.59 Å². The first-order valence-corrected chi connectivity index (χ1v) is 8.73. The number of rotatable bonds is 9. The Labute approximate surface area is 158 Å². The zero-order chi connectivity index (χ0) is 19.6. The number of benzene rings is 2. The van der Waals surface area contributed by atoms with Crippen molar-refractivity contribution in [3.05, 3.63) is 70.8 Å². The number of carbonyl (C=O) groups is 3. The predicted molar refractivity (Wildman–Crippen MR) is 100 cm³/mol. The maximum absolute atomic E-state index is 12.2. The van der Waals surface area contributed by atoms with Crippen LogP contribution in [0, 0.1) is 0 Å². The standard InChI is InChI=1S/C21H23NO5/c1-15(24)22-12-2-3-16-4-8-18(9-5-16)20(25)14-27-21(26)19-10-6-17(13-23)7-11-19/h4-11,23H,2-3,12-14H2,1H3,(H,22,24). The number of ether oxygens (including phenoxy) is 1. The van der Waals surface area contributed by atoms with Crippen LogP contribution in [-0.4, -0.2) is 35.9 Å². The number of carbonyl (C=O) groups excluding carboxylic acids is 3. The molecule has 0 fully saturated rings. The van der Waals surface area contributed by atoms with E-state index >= 15 is 0 Å². The van der Waals surface area contributed by atoms with E-state index in [1.807, 2.05) is 12.1 Å². The van der Waals surface area contributed by atoms with Crippen molar-refractivity contribution < 1.29 is 24.2 Å². The molecule has 6 heteroatoms. The summed E-state index contributed by atoms with van der Waals surface area (Å²) in [5, 5.41) is 11.7. The van der Waals surface area contributed by atoms with Crippen LogP contribution in [0.4, 0.5) is 0 Å². The van der Waals surface area contributed by atoms with Crippen LogP contribution in [0.5, 0.6) is 0 Å². The van der Waals surface area contributed by atoms with Crippen LogP contribution in [0.15, 0.2) is 48.5 Å². The lowest BCUT2D eigenvalue weighted by molar-refractivity contribution is -0.118. The van der Waals surface area contributed by atoms with E-state index in [9.17, 15) is 14.4 Å². The molecule has 0 saturated heterocycles. The first-order valence-electron chi connectivity index (χ1n) is 8.73. The number of hydrogen-bond donors (Lipinski definition) is 2. The molecule has 0 aliphatic heterocycles. The van der Waals surface area contributed by atoms with Crippen LogP contribution in [0.1, 0.15) is 45.2 Å². The molecule has 6 nitrogen and oxygen atoms in total. The summed E-state index contributed by atoms with van der Waals surface area (Å²) >= 11 is 0. The quantitative estimate of drug-likeness (QED) is 0.402. The highest BCUT2D eigenvalue weighted by Gasteiger charge is 2.12. The van der Waals surface area contributed by atoms with Gasteiger partial charge in [0.1, 0.15) is 0 Å². The molecule has 0 aliphatic carbocycles. The number of hydrogen-bond acceptors (Lipinski definition) is 5. The predicted octanol–water partition coefficient (Wildman–Crippen LogP) is 2.29. The van der Waals surface area contributed by atoms with Crippen molar-refractivity contribution in [2.45, 2.75) is 26.4 Å². The first kappa shape index (κ1) is 20.3. The average molecular weight is 369 g/mol. The van der Waals surface area contributed by atoms with E-state index in [1.165, 1.54) is 6.92 Å². The Hall–Kier alpha value is -2.99. The van der Waals surface area contributed by atoms with Crippen molar-refractivity contribution in [1.29, 1.82) is 0 Å². The fourth-order valence-electron chi connectivity index (χ4n) is 2.46.